The lowest BCUT2D eigenvalue weighted by atomic mass is 10.1. The van der Waals surface area contributed by atoms with Crippen LogP contribution in [0.1, 0.15) is 11.1 Å². The zero-order chi connectivity index (χ0) is 14.1. The van der Waals surface area contributed by atoms with Crippen molar-refractivity contribution in [3.63, 3.8) is 0 Å². The molecule has 0 bridgehead atoms. The summed E-state index contributed by atoms with van der Waals surface area (Å²) in [6.07, 6.45) is 2.10. The molecule has 3 rings (SSSR count). The minimum atomic E-state index is 0.248. The van der Waals surface area contributed by atoms with Crippen LogP contribution in [-0.4, -0.2) is 9.67 Å². The minimum absolute atomic E-state index is 0.248. The second-order valence-corrected chi connectivity index (χ2v) is 5.07. The maximum Gasteiger partial charge on any atom is 0.120 e. The van der Waals surface area contributed by atoms with Gasteiger partial charge in [0.15, 0.2) is 0 Å². The van der Waals surface area contributed by atoms with Gasteiger partial charge in [-0.3, -0.25) is 0 Å². The summed E-state index contributed by atoms with van der Waals surface area (Å²) in [5.41, 5.74) is 3.63. The molecule has 1 heterocycles. The van der Waals surface area contributed by atoms with Crippen LogP contribution in [0.2, 0.25) is 0 Å². The monoisotopic (exact) mass is 267 g/mol. The number of nitrogens with zero attached hydrogens (tertiary/aromatic N) is 1. The largest absolute Gasteiger partial charge is 0.508 e. The van der Waals surface area contributed by atoms with E-state index in [9.17, 15) is 5.11 Å². The van der Waals surface area contributed by atoms with Crippen LogP contribution < -0.4 is 4.74 Å². The number of phenols is 1. The molecule has 102 valence electrons. The van der Waals surface area contributed by atoms with Crippen molar-refractivity contribution in [1.29, 1.82) is 0 Å². The number of benzene rings is 2. The Balaban J connectivity index is 1.86. The molecule has 0 saturated heterocycles. The van der Waals surface area contributed by atoms with E-state index in [2.05, 4.69) is 35.9 Å². The summed E-state index contributed by atoms with van der Waals surface area (Å²) in [6.45, 7) is 2.62. The summed E-state index contributed by atoms with van der Waals surface area (Å²) < 4.78 is 7.90. The summed E-state index contributed by atoms with van der Waals surface area (Å²) in [6, 6.07) is 13.2. The molecule has 1 N–H and O–H groups in total. The smallest absolute Gasteiger partial charge is 0.120 e. The highest BCUT2D eigenvalue weighted by molar-refractivity contribution is 5.84. The van der Waals surface area contributed by atoms with Crippen molar-refractivity contribution in [3.05, 3.63) is 59.8 Å². The number of fused-ring (bicyclic) bond motifs is 1. The molecule has 20 heavy (non-hydrogen) atoms. The number of aromatic hydroxyl groups is 1. The van der Waals surface area contributed by atoms with Gasteiger partial charge >= 0.3 is 0 Å². The molecule has 1 aromatic heterocycles. The first-order chi connectivity index (χ1) is 9.63. The fraction of sp³-hybridized carbons (Fsp3) is 0.176. The Morgan fingerprint density at radius 3 is 2.60 bits per heavy atom. The molecule has 0 amide bonds. The Labute approximate surface area is 118 Å². The fourth-order valence-electron chi connectivity index (χ4n) is 2.40. The first-order valence-corrected chi connectivity index (χ1v) is 6.60. The SMILES string of the molecule is Cc1ccc2c(COc3ccc(O)cc3)cn(C)c2c1. The fourth-order valence-corrected chi connectivity index (χ4v) is 2.40. The molecule has 0 aliphatic rings. The van der Waals surface area contributed by atoms with E-state index < -0.39 is 0 Å². The van der Waals surface area contributed by atoms with Crippen LogP contribution in [0.25, 0.3) is 10.9 Å². The molecule has 2 aromatic carbocycles. The van der Waals surface area contributed by atoms with Crippen molar-refractivity contribution in [2.75, 3.05) is 0 Å². The molecule has 0 radical (unpaired) electrons. The quantitative estimate of drug-likeness (QED) is 0.783. The van der Waals surface area contributed by atoms with E-state index in [1.165, 1.54) is 16.5 Å². The Kier molecular flexibility index (Phi) is 3.11. The van der Waals surface area contributed by atoms with Crippen molar-refractivity contribution < 1.29 is 9.84 Å². The van der Waals surface area contributed by atoms with Gasteiger partial charge in [0.25, 0.3) is 0 Å². The van der Waals surface area contributed by atoms with Gasteiger partial charge in [-0.25, -0.2) is 0 Å². The normalized spacial score (nSPS) is 10.9. The van der Waals surface area contributed by atoms with Gasteiger partial charge < -0.3 is 14.4 Å². The third kappa shape index (κ3) is 2.35. The van der Waals surface area contributed by atoms with Gasteiger partial charge in [-0.15, -0.1) is 0 Å². The minimum Gasteiger partial charge on any atom is -0.508 e. The lowest BCUT2D eigenvalue weighted by Crippen LogP contribution is -1.94. The van der Waals surface area contributed by atoms with Crippen LogP contribution in [0.5, 0.6) is 11.5 Å². The summed E-state index contributed by atoms with van der Waals surface area (Å²) in [5.74, 6) is 1.00. The molecule has 3 aromatic rings. The number of phenolic OH excluding ortho intramolecular Hbond substituents is 1. The average Bonchev–Trinajstić information content (AvgIpc) is 2.74. The van der Waals surface area contributed by atoms with Crippen molar-refractivity contribution >= 4 is 10.9 Å². The van der Waals surface area contributed by atoms with Crippen LogP contribution >= 0.6 is 0 Å². The van der Waals surface area contributed by atoms with Crippen LogP contribution in [0.4, 0.5) is 0 Å². The van der Waals surface area contributed by atoms with Gasteiger partial charge in [0.2, 0.25) is 0 Å². The number of hydrogen-bond donors (Lipinski definition) is 1. The maximum absolute atomic E-state index is 9.25. The molecule has 0 unspecified atom stereocenters. The second kappa shape index (κ2) is 4.93. The van der Waals surface area contributed by atoms with E-state index in [1.54, 1.807) is 24.3 Å². The number of aromatic nitrogens is 1. The van der Waals surface area contributed by atoms with Gasteiger partial charge in [-0.1, -0.05) is 12.1 Å². The molecule has 3 nitrogen and oxygen atoms in total. The molecule has 0 fully saturated rings. The van der Waals surface area contributed by atoms with Crippen molar-refractivity contribution in [2.24, 2.45) is 7.05 Å². The van der Waals surface area contributed by atoms with Crippen molar-refractivity contribution in [1.82, 2.24) is 4.57 Å². The van der Waals surface area contributed by atoms with Crippen LogP contribution in [0.3, 0.4) is 0 Å². The summed E-state index contributed by atoms with van der Waals surface area (Å²) in [5, 5.41) is 10.5. The Morgan fingerprint density at radius 1 is 1.10 bits per heavy atom. The topological polar surface area (TPSA) is 34.4 Å². The number of rotatable bonds is 3. The highest BCUT2D eigenvalue weighted by Gasteiger charge is 2.07. The first-order valence-electron chi connectivity index (χ1n) is 6.60. The molecule has 0 aliphatic heterocycles. The summed E-state index contributed by atoms with van der Waals surface area (Å²) in [7, 11) is 2.05. The lowest BCUT2D eigenvalue weighted by Gasteiger charge is -2.05. The zero-order valence-electron chi connectivity index (χ0n) is 11.6. The lowest BCUT2D eigenvalue weighted by molar-refractivity contribution is 0.307. The third-order valence-corrected chi connectivity index (χ3v) is 3.46. The van der Waals surface area contributed by atoms with E-state index in [-0.39, 0.29) is 5.75 Å². The third-order valence-electron chi connectivity index (χ3n) is 3.46. The first kappa shape index (κ1) is 12.6. The van der Waals surface area contributed by atoms with E-state index in [0.29, 0.717) is 6.61 Å². The highest BCUT2D eigenvalue weighted by atomic mass is 16.5. The summed E-state index contributed by atoms with van der Waals surface area (Å²) in [4.78, 5) is 0. The summed E-state index contributed by atoms with van der Waals surface area (Å²) >= 11 is 0. The Morgan fingerprint density at radius 2 is 1.85 bits per heavy atom. The van der Waals surface area contributed by atoms with Crippen LogP contribution in [0, 0.1) is 6.92 Å². The molecule has 0 saturated carbocycles. The molecule has 0 spiro atoms. The van der Waals surface area contributed by atoms with Gasteiger partial charge in [0.05, 0.1) is 0 Å². The number of aryl methyl sites for hydroxylation is 2. The van der Waals surface area contributed by atoms with Gasteiger partial charge in [-0.2, -0.15) is 0 Å². The van der Waals surface area contributed by atoms with E-state index in [1.807, 2.05) is 7.05 Å². The highest BCUT2D eigenvalue weighted by Crippen LogP contribution is 2.24. The van der Waals surface area contributed by atoms with E-state index >= 15 is 0 Å². The maximum atomic E-state index is 9.25. The molecular formula is C17H17NO2. The van der Waals surface area contributed by atoms with Gasteiger partial charge in [0.1, 0.15) is 18.1 Å². The predicted molar refractivity (Wildman–Crippen MR) is 80.1 cm³/mol. The van der Waals surface area contributed by atoms with Crippen LogP contribution in [0.15, 0.2) is 48.7 Å². The second-order valence-electron chi connectivity index (χ2n) is 5.07. The Hall–Kier alpha value is -2.42. The van der Waals surface area contributed by atoms with Gasteiger partial charge in [-0.05, 0) is 42.8 Å². The zero-order valence-corrected chi connectivity index (χ0v) is 11.6. The number of ether oxygens (including phenoxy) is 1. The molecular weight excluding hydrogens is 250 g/mol. The van der Waals surface area contributed by atoms with E-state index in [4.69, 9.17) is 4.74 Å². The molecule has 0 atom stereocenters. The average molecular weight is 267 g/mol. The molecule has 3 heteroatoms. The van der Waals surface area contributed by atoms with Crippen LogP contribution in [-0.2, 0) is 13.7 Å². The molecule has 0 aliphatic carbocycles. The van der Waals surface area contributed by atoms with Crippen molar-refractivity contribution in [2.45, 2.75) is 13.5 Å². The van der Waals surface area contributed by atoms with Gasteiger partial charge in [0, 0.05) is 29.7 Å². The van der Waals surface area contributed by atoms with E-state index in [0.717, 1.165) is 11.3 Å². The Bertz CT molecular complexity index is 742. The predicted octanol–water partition coefficient (Wildman–Crippen LogP) is 3.77. The standard InChI is InChI=1S/C17H17NO2/c1-12-3-8-16-13(10-18(2)17(16)9-12)11-20-15-6-4-14(19)5-7-15/h3-10,19H,11H2,1-2H3. The number of hydrogen-bond acceptors (Lipinski definition) is 2. The van der Waals surface area contributed by atoms with Crippen molar-refractivity contribution in [3.8, 4) is 11.5 Å².